The Morgan fingerprint density at radius 2 is 1.92 bits per heavy atom. The monoisotopic (exact) mass is 390 g/mol. The van der Waals surface area contributed by atoms with E-state index in [4.69, 9.17) is 0 Å². The molecule has 0 spiro atoms. The number of halogens is 2. The molecule has 1 N–H and O–H groups in total. The van der Waals surface area contributed by atoms with Crippen molar-refractivity contribution in [2.75, 3.05) is 16.8 Å². The maximum absolute atomic E-state index is 14.4. The molecule has 1 aliphatic heterocycles. The topological polar surface area (TPSA) is 49.4 Å². The molecule has 4 nitrogen and oxygen atoms in total. The smallest absolute Gasteiger partial charge is 0.258 e. The number of hydrogen-bond donors (Lipinski definition) is 1. The summed E-state index contributed by atoms with van der Waals surface area (Å²) < 4.78 is 15.1. The number of rotatable bonds is 2. The number of nitrogens with one attached hydrogen (secondary N) is 1. The lowest BCUT2D eigenvalue weighted by Crippen LogP contribution is -2.36. The summed E-state index contributed by atoms with van der Waals surface area (Å²) in [6, 6.07) is 9.84. The van der Waals surface area contributed by atoms with E-state index >= 15 is 0 Å². The molecule has 6 heteroatoms. The second-order valence-corrected chi connectivity index (χ2v) is 6.63. The SMILES string of the molecule is CC(=O)Nc1ccc(C(=O)N2CCCc3cc(Br)cc(F)c32)cc1. The van der Waals surface area contributed by atoms with E-state index in [0.29, 0.717) is 28.0 Å². The summed E-state index contributed by atoms with van der Waals surface area (Å²) in [4.78, 5) is 25.3. The number of hydrogen-bond acceptors (Lipinski definition) is 2. The fraction of sp³-hybridized carbons (Fsp3) is 0.222. The highest BCUT2D eigenvalue weighted by Gasteiger charge is 2.27. The Bertz CT molecular complexity index is 805. The first-order chi connectivity index (χ1) is 11.5. The van der Waals surface area contributed by atoms with Gasteiger partial charge in [-0.25, -0.2) is 4.39 Å². The molecule has 2 aromatic carbocycles. The van der Waals surface area contributed by atoms with Crippen molar-refractivity contribution >= 4 is 39.1 Å². The normalized spacial score (nSPS) is 13.4. The van der Waals surface area contributed by atoms with E-state index in [1.807, 2.05) is 6.07 Å². The van der Waals surface area contributed by atoms with Crippen LogP contribution in [0, 0.1) is 5.82 Å². The minimum absolute atomic E-state index is 0.174. The minimum Gasteiger partial charge on any atom is -0.326 e. The Labute approximate surface area is 147 Å². The lowest BCUT2D eigenvalue weighted by atomic mass is 10.00. The zero-order valence-electron chi connectivity index (χ0n) is 13.1. The minimum atomic E-state index is -0.401. The number of anilines is 2. The van der Waals surface area contributed by atoms with Gasteiger partial charge >= 0.3 is 0 Å². The van der Waals surface area contributed by atoms with E-state index < -0.39 is 5.82 Å². The van der Waals surface area contributed by atoms with Gasteiger partial charge in [-0.05, 0) is 54.8 Å². The van der Waals surface area contributed by atoms with Crippen molar-refractivity contribution in [3.05, 3.63) is 57.8 Å². The Morgan fingerprint density at radius 3 is 2.58 bits per heavy atom. The summed E-state index contributed by atoms with van der Waals surface area (Å²) in [5.74, 6) is -0.819. The maximum atomic E-state index is 14.4. The van der Waals surface area contributed by atoms with E-state index in [1.54, 1.807) is 24.3 Å². The van der Waals surface area contributed by atoms with Gasteiger partial charge in [0.05, 0.1) is 5.69 Å². The molecule has 0 aromatic heterocycles. The number of fused-ring (bicyclic) bond motifs is 1. The van der Waals surface area contributed by atoms with Crippen LogP contribution in [0.2, 0.25) is 0 Å². The molecule has 0 aliphatic carbocycles. The molecule has 2 aromatic rings. The van der Waals surface area contributed by atoms with Crippen molar-refractivity contribution < 1.29 is 14.0 Å². The lowest BCUT2D eigenvalue weighted by molar-refractivity contribution is -0.114. The second kappa shape index (κ2) is 6.73. The summed E-state index contributed by atoms with van der Waals surface area (Å²) >= 11 is 3.29. The van der Waals surface area contributed by atoms with Gasteiger partial charge in [0.2, 0.25) is 5.91 Å². The summed E-state index contributed by atoms with van der Waals surface area (Å²) in [5.41, 5.74) is 2.27. The van der Waals surface area contributed by atoms with Crippen LogP contribution in [0.25, 0.3) is 0 Å². The Balaban J connectivity index is 1.90. The van der Waals surface area contributed by atoms with Gasteiger partial charge in [-0.1, -0.05) is 15.9 Å². The molecule has 3 rings (SSSR count). The molecule has 24 heavy (non-hydrogen) atoms. The number of carbonyl (C=O) groups is 2. The number of nitrogens with zero attached hydrogens (tertiary/aromatic N) is 1. The second-order valence-electron chi connectivity index (χ2n) is 5.71. The molecular weight excluding hydrogens is 375 g/mol. The molecule has 0 unspecified atom stereocenters. The zero-order chi connectivity index (χ0) is 17.3. The van der Waals surface area contributed by atoms with Gasteiger partial charge in [0.15, 0.2) is 0 Å². The molecule has 0 bridgehead atoms. The first-order valence-electron chi connectivity index (χ1n) is 7.63. The molecule has 2 amide bonds. The number of aryl methyl sites for hydroxylation is 1. The highest BCUT2D eigenvalue weighted by atomic mass is 79.9. The summed E-state index contributed by atoms with van der Waals surface area (Å²) in [6.07, 6.45) is 1.54. The average Bonchev–Trinajstić information content (AvgIpc) is 2.53. The molecule has 0 radical (unpaired) electrons. The highest BCUT2D eigenvalue weighted by Crippen LogP contribution is 2.33. The summed E-state index contributed by atoms with van der Waals surface area (Å²) in [6.45, 7) is 1.91. The number of amides is 2. The predicted molar refractivity (Wildman–Crippen MR) is 94.8 cm³/mol. The van der Waals surface area contributed by atoms with Crippen molar-refractivity contribution in [1.29, 1.82) is 0 Å². The van der Waals surface area contributed by atoms with Crippen LogP contribution in [0.5, 0.6) is 0 Å². The van der Waals surface area contributed by atoms with Gasteiger partial charge in [-0.3, -0.25) is 9.59 Å². The van der Waals surface area contributed by atoms with Crippen molar-refractivity contribution in [3.63, 3.8) is 0 Å². The van der Waals surface area contributed by atoms with Crippen LogP contribution in [0.4, 0.5) is 15.8 Å². The third-order valence-electron chi connectivity index (χ3n) is 3.90. The quantitative estimate of drug-likeness (QED) is 0.837. The van der Waals surface area contributed by atoms with Crippen molar-refractivity contribution in [3.8, 4) is 0 Å². The first-order valence-corrected chi connectivity index (χ1v) is 8.42. The summed E-state index contributed by atoms with van der Waals surface area (Å²) in [5, 5.41) is 2.65. The van der Waals surface area contributed by atoms with Gasteiger partial charge in [0, 0.05) is 29.2 Å². The van der Waals surface area contributed by atoms with E-state index in [0.717, 1.165) is 18.4 Å². The highest BCUT2D eigenvalue weighted by molar-refractivity contribution is 9.10. The van der Waals surface area contributed by atoms with Crippen LogP contribution in [0.15, 0.2) is 40.9 Å². The number of benzene rings is 2. The van der Waals surface area contributed by atoms with Crippen LogP contribution in [0.1, 0.15) is 29.3 Å². The molecule has 124 valence electrons. The van der Waals surface area contributed by atoms with Gasteiger partial charge in [0.1, 0.15) is 5.82 Å². The Hall–Kier alpha value is -2.21. The molecular formula is C18H16BrFN2O2. The molecule has 0 atom stereocenters. The third-order valence-corrected chi connectivity index (χ3v) is 4.36. The zero-order valence-corrected chi connectivity index (χ0v) is 14.7. The Morgan fingerprint density at radius 1 is 1.21 bits per heavy atom. The van der Waals surface area contributed by atoms with Gasteiger partial charge in [-0.2, -0.15) is 0 Å². The van der Waals surface area contributed by atoms with Crippen LogP contribution in [-0.2, 0) is 11.2 Å². The lowest BCUT2D eigenvalue weighted by Gasteiger charge is -2.30. The van der Waals surface area contributed by atoms with Gasteiger partial charge in [0.25, 0.3) is 5.91 Å². The van der Waals surface area contributed by atoms with Crippen LogP contribution < -0.4 is 10.2 Å². The largest absolute Gasteiger partial charge is 0.326 e. The molecule has 0 fully saturated rings. The van der Waals surface area contributed by atoms with Crippen LogP contribution in [-0.4, -0.2) is 18.4 Å². The van der Waals surface area contributed by atoms with Crippen LogP contribution >= 0.6 is 15.9 Å². The standard InChI is InChI=1S/C18H16BrFN2O2/c1-11(23)21-15-6-4-12(5-7-15)18(24)22-8-2-3-13-9-14(19)10-16(20)17(13)22/h4-7,9-10H,2-3,8H2,1H3,(H,21,23). The molecule has 0 saturated heterocycles. The van der Waals surface area contributed by atoms with Gasteiger partial charge < -0.3 is 10.2 Å². The maximum Gasteiger partial charge on any atom is 0.258 e. The summed E-state index contributed by atoms with van der Waals surface area (Å²) in [7, 11) is 0. The fourth-order valence-corrected chi connectivity index (χ4v) is 3.39. The first kappa shape index (κ1) is 16.6. The van der Waals surface area contributed by atoms with E-state index in [-0.39, 0.29) is 11.8 Å². The fourth-order valence-electron chi connectivity index (χ4n) is 2.91. The van der Waals surface area contributed by atoms with Crippen LogP contribution in [0.3, 0.4) is 0 Å². The molecule has 0 saturated carbocycles. The Kier molecular flexibility index (Phi) is 4.66. The van der Waals surface area contributed by atoms with E-state index in [9.17, 15) is 14.0 Å². The van der Waals surface area contributed by atoms with Crippen molar-refractivity contribution in [1.82, 2.24) is 0 Å². The van der Waals surface area contributed by atoms with Gasteiger partial charge in [-0.15, -0.1) is 0 Å². The average molecular weight is 391 g/mol. The predicted octanol–water partition coefficient (Wildman–Crippen LogP) is 4.14. The third kappa shape index (κ3) is 3.33. The number of carbonyl (C=O) groups excluding carboxylic acids is 2. The van der Waals surface area contributed by atoms with Crippen molar-refractivity contribution in [2.45, 2.75) is 19.8 Å². The van der Waals surface area contributed by atoms with E-state index in [1.165, 1.54) is 17.9 Å². The van der Waals surface area contributed by atoms with E-state index in [2.05, 4.69) is 21.2 Å². The molecule has 1 aliphatic rings. The van der Waals surface area contributed by atoms with Crippen molar-refractivity contribution in [2.24, 2.45) is 0 Å². The molecule has 1 heterocycles.